The second kappa shape index (κ2) is 6.35. The highest BCUT2D eigenvalue weighted by Crippen LogP contribution is 2.48. The molecule has 0 heterocycles. The monoisotopic (exact) mass is 254 g/mol. The Labute approximate surface area is 110 Å². The first-order valence-corrected chi connectivity index (χ1v) is 7.26. The van der Waals surface area contributed by atoms with Crippen molar-refractivity contribution in [2.45, 2.75) is 65.7 Å². The van der Waals surface area contributed by atoms with Gasteiger partial charge in [-0.15, -0.1) is 0 Å². The van der Waals surface area contributed by atoms with Gasteiger partial charge >= 0.3 is 5.97 Å². The first kappa shape index (κ1) is 15.2. The van der Waals surface area contributed by atoms with Crippen molar-refractivity contribution in [2.75, 3.05) is 0 Å². The van der Waals surface area contributed by atoms with Gasteiger partial charge in [-0.3, -0.25) is 9.59 Å². The topological polar surface area (TPSA) is 54.4 Å². The van der Waals surface area contributed by atoms with Crippen LogP contribution in [-0.4, -0.2) is 16.9 Å². The van der Waals surface area contributed by atoms with E-state index < -0.39 is 11.4 Å². The Morgan fingerprint density at radius 2 is 1.83 bits per heavy atom. The predicted octanol–water partition coefficient (Wildman–Crippen LogP) is 3.66. The van der Waals surface area contributed by atoms with Gasteiger partial charge in [-0.05, 0) is 38.0 Å². The highest BCUT2D eigenvalue weighted by Gasteiger charge is 2.54. The fourth-order valence-electron chi connectivity index (χ4n) is 3.89. The number of carbonyl (C=O) groups excluding carboxylic acids is 1. The maximum absolute atomic E-state index is 12.2. The molecular weight excluding hydrogens is 228 g/mol. The predicted molar refractivity (Wildman–Crippen MR) is 71.4 cm³/mol. The van der Waals surface area contributed by atoms with E-state index in [4.69, 9.17) is 0 Å². The largest absolute Gasteiger partial charge is 0.480 e. The summed E-state index contributed by atoms with van der Waals surface area (Å²) in [4.78, 5) is 24.1. The number of carboxylic acid groups (broad SMARTS) is 1. The zero-order chi connectivity index (χ0) is 13.8. The number of ketones is 1. The van der Waals surface area contributed by atoms with Gasteiger partial charge in [-0.25, -0.2) is 0 Å². The molecule has 3 nitrogen and oxygen atoms in total. The summed E-state index contributed by atoms with van der Waals surface area (Å²) in [5.41, 5.74) is -1.12. The molecule has 0 aromatic carbocycles. The molecule has 1 aliphatic carbocycles. The Balaban J connectivity index is 3.18. The number of rotatable bonds is 7. The van der Waals surface area contributed by atoms with E-state index in [2.05, 4.69) is 6.92 Å². The minimum absolute atomic E-state index is 0.0133. The minimum atomic E-state index is -1.12. The number of Topliss-reactive ketones (excluding diaryl/α,β-unsaturated/α-hetero) is 1. The molecule has 0 amide bonds. The van der Waals surface area contributed by atoms with Crippen LogP contribution in [0, 0.1) is 17.3 Å². The second-order valence-electron chi connectivity index (χ2n) is 5.61. The van der Waals surface area contributed by atoms with Gasteiger partial charge in [0.25, 0.3) is 0 Å². The van der Waals surface area contributed by atoms with Gasteiger partial charge in [0.05, 0.1) is 0 Å². The molecule has 0 aromatic heterocycles. The molecule has 0 radical (unpaired) electrons. The molecule has 18 heavy (non-hydrogen) atoms. The normalized spacial score (nSPS) is 21.5. The summed E-state index contributed by atoms with van der Waals surface area (Å²) in [6.45, 7) is 5.55. The van der Waals surface area contributed by atoms with Crippen LogP contribution >= 0.6 is 0 Å². The molecule has 0 aliphatic heterocycles. The van der Waals surface area contributed by atoms with E-state index >= 15 is 0 Å². The average Bonchev–Trinajstić information content (AvgIpc) is 2.81. The van der Waals surface area contributed by atoms with Gasteiger partial charge < -0.3 is 5.11 Å². The second-order valence-corrected chi connectivity index (χ2v) is 5.61. The van der Waals surface area contributed by atoms with Crippen molar-refractivity contribution in [2.24, 2.45) is 17.3 Å². The van der Waals surface area contributed by atoms with Crippen molar-refractivity contribution in [3.8, 4) is 0 Å². The Morgan fingerprint density at radius 1 is 1.28 bits per heavy atom. The van der Waals surface area contributed by atoms with E-state index in [1.165, 1.54) is 6.92 Å². The molecule has 1 N–H and O–H groups in total. The summed E-state index contributed by atoms with van der Waals surface area (Å²) < 4.78 is 0. The van der Waals surface area contributed by atoms with Crippen LogP contribution in [0.2, 0.25) is 0 Å². The number of hydrogen-bond donors (Lipinski definition) is 1. The summed E-state index contributed by atoms with van der Waals surface area (Å²) in [5.74, 6) is -0.992. The molecule has 1 aliphatic rings. The van der Waals surface area contributed by atoms with Crippen molar-refractivity contribution in [1.82, 2.24) is 0 Å². The van der Waals surface area contributed by atoms with Crippen molar-refractivity contribution in [1.29, 1.82) is 0 Å². The highest BCUT2D eigenvalue weighted by atomic mass is 16.4. The third kappa shape index (κ3) is 2.45. The Morgan fingerprint density at radius 3 is 2.17 bits per heavy atom. The number of carboxylic acids is 1. The van der Waals surface area contributed by atoms with E-state index in [-0.39, 0.29) is 17.6 Å². The quantitative estimate of drug-likeness (QED) is 0.705. The maximum Gasteiger partial charge on any atom is 0.317 e. The SMILES string of the molecule is CCCC(CC)C(C(C)=O)(C(=O)O)C1CCCC1. The molecule has 0 saturated heterocycles. The summed E-state index contributed by atoms with van der Waals surface area (Å²) >= 11 is 0. The summed E-state index contributed by atoms with van der Waals surface area (Å²) in [6, 6.07) is 0. The zero-order valence-electron chi connectivity index (χ0n) is 11.9. The van der Waals surface area contributed by atoms with E-state index in [0.29, 0.717) is 0 Å². The molecule has 0 bridgehead atoms. The molecular formula is C15H26O3. The average molecular weight is 254 g/mol. The van der Waals surface area contributed by atoms with Gasteiger partial charge in [-0.1, -0.05) is 39.5 Å². The first-order chi connectivity index (χ1) is 8.51. The molecule has 2 atom stereocenters. The van der Waals surface area contributed by atoms with Crippen molar-refractivity contribution in [3.63, 3.8) is 0 Å². The van der Waals surface area contributed by atoms with Gasteiger partial charge in [0.1, 0.15) is 11.2 Å². The lowest BCUT2D eigenvalue weighted by molar-refractivity contribution is -0.164. The molecule has 2 unspecified atom stereocenters. The summed E-state index contributed by atoms with van der Waals surface area (Å²) in [5, 5.41) is 9.76. The van der Waals surface area contributed by atoms with E-state index in [9.17, 15) is 14.7 Å². The molecule has 0 aromatic rings. The van der Waals surface area contributed by atoms with Crippen LogP contribution < -0.4 is 0 Å². The van der Waals surface area contributed by atoms with E-state index in [0.717, 1.165) is 44.9 Å². The van der Waals surface area contributed by atoms with Crippen LogP contribution in [0.3, 0.4) is 0 Å². The van der Waals surface area contributed by atoms with Crippen LogP contribution in [0.5, 0.6) is 0 Å². The Hall–Kier alpha value is -0.860. The van der Waals surface area contributed by atoms with Crippen molar-refractivity contribution < 1.29 is 14.7 Å². The smallest absolute Gasteiger partial charge is 0.317 e. The molecule has 0 spiro atoms. The maximum atomic E-state index is 12.2. The molecule has 1 saturated carbocycles. The lowest BCUT2D eigenvalue weighted by atomic mass is 9.61. The summed E-state index contributed by atoms with van der Waals surface area (Å²) in [6.07, 6.45) is 6.46. The van der Waals surface area contributed by atoms with Gasteiger partial charge in [0.15, 0.2) is 0 Å². The van der Waals surface area contributed by atoms with Crippen LogP contribution in [-0.2, 0) is 9.59 Å². The lowest BCUT2D eigenvalue weighted by Gasteiger charge is -2.39. The molecule has 1 fully saturated rings. The number of aliphatic carboxylic acids is 1. The highest BCUT2D eigenvalue weighted by molar-refractivity contribution is 6.02. The molecule has 3 heteroatoms. The number of hydrogen-bond acceptors (Lipinski definition) is 2. The Kier molecular flexibility index (Phi) is 5.36. The first-order valence-electron chi connectivity index (χ1n) is 7.26. The van der Waals surface area contributed by atoms with E-state index in [1.54, 1.807) is 0 Å². The lowest BCUT2D eigenvalue weighted by Crippen LogP contribution is -2.49. The number of carbonyl (C=O) groups is 2. The van der Waals surface area contributed by atoms with Crippen molar-refractivity contribution >= 4 is 11.8 Å². The van der Waals surface area contributed by atoms with Gasteiger partial charge in [-0.2, -0.15) is 0 Å². The molecule has 104 valence electrons. The van der Waals surface area contributed by atoms with E-state index in [1.807, 2.05) is 6.92 Å². The van der Waals surface area contributed by atoms with Gasteiger partial charge in [0.2, 0.25) is 0 Å². The van der Waals surface area contributed by atoms with Crippen LogP contribution in [0.15, 0.2) is 0 Å². The van der Waals surface area contributed by atoms with Gasteiger partial charge in [0, 0.05) is 0 Å². The van der Waals surface area contributed by atoms with Crippen LogP contribution in [0.25, 0.3) is 0 Å². The Bertz CT molecular complexity index is 289. The summed E-state index contributed by atoms with van der Waals surface area (Å²) in [7, 11) is 0. The standard InChI is InChI=1S/C15H26O3/c1-4-8-12(5-2)15(11(3)16,14(17)18)13-9-6-7-10-13/h12-13H,4-10H2,1-3H3,(H,17,18). The van der Waals surface area contributed by atoms with Crippen LogP contribution in [0.4, 0.5) is 0 Å². The van der Waals surface area contributed by atoms with Crippen molar-refractivity contribution in [3.05, 3.63) is 0 Å². The van der Waals surface area contributed by atoms with Crippen LogP contribution in [0.1, 0.15) is 65.7 Å². The third-order valence-corrected chi connectivity index (χ3v) is 4.71. The fraction of sp³-hybridized carbons (Fsp3) is 0.867. The zero-order valence-corrected chi connectivity index (χ0v) is 11.9. The molecule has 1 rings (SSSR count). The third-order valence-electron chi connectivity index (χ3n) is 4.71. The minimum Gasteiger partial charge on any atom is -0.480 e. The fourth-order valence-corrected chi connectivity index (χ4v) is 3.89.